The van der Waals surface area contributed by atoms with Gasteiger partial charge >= 0.3 is 5.97 Å². The maximum absolute atomic E-state index is 13.0. The van der Waals surface area contributed by atoms with E-state index >= 15 is 0 Å². The van der Waals surface area contributed by atoms with Gasteiger partial charge in [0.1, 0.15) is 5.69 Å². The number of carbonyl (C=O) groups excluding carboxylic acids is 2. The number of benzene rings is 2. The fourth-order valence-corrected chi connectivity index (χ4v) is 3.59. The highest BCUT2D eigenvalue weighted by Gasteiger charge is 2.24. The van der Waals surface area contributed by atoms with Gasteiger partial charge in [0, 0.05) is 24.0 Å². The second-order valence-corrected chi connectivity index (χ2v) is 7.57. The number of H-pyrrole nitrogens is 1. The highest BCUT2D eigenvalue weighted by atomic mass is 16.5. The van der Waals surface area contributed by atoms with Crippen molar-refractivity contribution in [2.24, 2.45) is 7.05 Å². The smallest absolute Gasteiger partial charge is 0.339 e. The maximum atomic E-state index is 13.0. The van der Waals surface area contributed by atoms with Crippen LogP contribution >= 0.6 is 0 Å². The normalized spacial score (nSPS) is 11.8. The Kier molecular flexibility index (Phi) is 5.70. The van der Waals surface area contributed by atoms with Gasteiger partial charge in [-0.3, -0.25) is 19.1 Å². The Morgan fingerprint density at radius 1 is 1.03 bits per heavy atom. The number of nitrogens with one attached hydrogen (secondary N) is 2. The number of amides is 1. The molecule has 0 fully saturated rings. The highest BCUT2D eigenvalue weighted by Crippen LogP contribution is 2.17. The summed E-state index contributed by atoms with van der Waals surface area (Å²) in [4.78, 5) is 53.0. The third kappa shape index (κ3) is 4.08. The lowest BCUT2D eigenvalue weighted by molar-refractivity contribution is -0.123. The zero-order chi connectivity index (χ0) is 23.7. The summed E-state index contributed by atoms with van der Waals surface area (Å²) in [5.74, 6) is -1.48. The van der Waals surface area contributed by atoms with Gasteiger partial charge < -0.3 is 15.0 Å². The fourth-order valence-electron chi connectivity index (χ4n) is 3.59. The lowest BCUT2D eigenvalue weighted by Gasteiger charge is -2.14. The molecule has 9 heteroatoms. The summed E-state index contributed by atoms with van der Waals surface area (Å²) in [7, 11) is 1.71. The molecule has 2 aromatic carbocycles. The number of anilines is 1. The van der Waals surface area contributed by atoms with E-state index in [1.165, 1.54) is 11.6 Å². The molecule has 0 spiro atoms. The Labute approximate surface area is 188 Å². The number of esters is 1. The molecule has 1 atom stereocenters. The van der Waals surface area contributed by atoms with E-state index in [4.69, 9.17) is 4.74 Å². The molecule has 0 unspecified atom stereocenters. The monoisotopic (exact) mass is 446 g/mol. The predicted molar refractivity (Wildman–Crippen MR) is 124 cm³/mol. The maximum Gasteiger partial charge on any atom is 0.339 e. The van der Waals surface area contributed by atoms with E-state index < -0.39 is 29.1 Å². The topological polar surface area (TPSA) is 115 Å². The first kappa shape index (κ1) is 21.8. The van der Waals surface area contributed by atoms with Gasteiger partial charge in [-0.15, -0.1) is 0 Å². The standard InChI is InChI=1S/C24H22N4O5/c1-14-21(23(31)28(27(14)3)16-9-5-4-6-10-16)26-22(30)15(2)33-24(32)18-13-20(29)25-19-12-8-7-11-17(18)19/h4-13,15H,1-3H3,(H,25,29)(H,26,30)/t15-/m0/s1. The molecule has 33 heavy (non-hydrogen) atoms. The van der Waals surface area contributed by atoms with Gasteiger partial charge in [0.25, 0.3) is 11.5 Å². The van der Waals surface area contributed by atoms with E-state index in [0.717, 1.165) is 6.07 Å². The molecule has 0 bridgehead atoms. The molecule has 0 aliphatic heterocycles. The van der Waals surface area contributed by atoms with Crippen molar-refractivity contribution in [2.75, 3.05) is 5.32 Å². The third-order valence-electron chi connectivity index (χ3n) is 5.43. The lowest BCUT2D eigenvalue weighted by atomic mass is 10.1. The van der Waals surface area contributed by atoms with Crippen LogP contribution in [0.15, 0.2) is 70.3 Å². The molecule has 0 aliphatic rings. The minimum Gasteiger partial charge on any atom is -0.449 e. The van der Waals surface area contributed by atoms with Crippen LogP contribution in [-0.2, 0) is 16.6 Å². The van der Waals surface area contributed by atoms with Crippen molar-refractivity contribution in [1.29, 1.82) is 0 Å². The van der Waals surface area contributed by atoms with Gasteiger partial charge in [0.2, 0.25) is 5.56 Å². The first-order valence-corrected chi connectivity index (χ1v) is 10.3. The van der Waals surface area contributed by atoms with Crippen LogP contribution < -0.4 is 16.4 Å². The molecule has 2 N–H and O–H groups in total. The van der Waals surface area contributed by atoms with Gasteiger partial charge in [-0.25, -0.2) is 9.48 Å². The molecule has 9 nitrogen and oxygen atoms in total. The van der Waals surface area contributed by atoms with Crippen molar-refractivity contribution in [3.05, 3.63) is 92.6 Å². The van der Waals surface area contributed by atoms with E-state index in [1.807, 2.05) is 18.2 Å². The summed E-state index contributed by atoms with van der Waals surface area (Å²) in [5, 5.41) is 3.08. The number of pyridine rings is 1. The van der Waals surface area contributed by atoms with Crippen molar-refractivity contribution in [1.82, 2.24) is 14.3 Å². The van der Waals surface area contributed by atoms with E-state index in [-0.39, 0.29) is 11.3 Å². The quantitative estimate of drug-likeness (QED) is 0.457. The highest BCUT2D eigenvalue weighted by molar-refractivity contribution is 6.04. The summed E-state index contributed by atoms with van der Waals surface area (Å²) in [6, 6.07) is 16.9. The summed E-state index contributed by atoms with van der Waals surface area (Å²) < 4.78 is 8.38. The molecule has 0 saturated carbocycles. The lowest BCUT2D eigenvalue weighted by Crippen LogP contribution is -2.32. The first-order chi connectivity index (χ1) is 15.8. The Morgan fingerprint density at radius 3 is 2.42 bits per heavy atom. The van der Waals surface area contributed by atoms with Crippen LogP contribution in [0.3, 0.4) is 0 Å². The van der Waals surface area contributed by atoms with Gasteiger partial charge in [0.05, 0.1) is 16.9 Å². The van der Waals surface area contributed by atoms with E-state index in [9.17, 15) is 19.2 Å². The van der Waals surface area contributed by atoms with Crippen molar-refractivity contribution in [3.63, 3.8) is 0 Å². The third-order valence-corrected chi connectivity index (χ3v) is 5.43. The molecule has 2 heterocycles. The summed E-state index contributed by atoms with van der Waals surface area (Å²) in [6.07, 6.45) is -1.21. The van der Waals surface area contributed by atoms with Crippen molar-refractivity contribution in [3.8, 4) is 5.69 Å². The largest absolute Gasteiger partial charge is 0.449 e. The van der Waals surface area contributed by atoms with Crippen LogP contribution in [0.4, 0.5) is 5.69 Å². The van der Waals surface area contributed by atoms with Gasteiger partial charge in [-0.05, 0) is 32.0 Å². The van der Waals surface area contributed by atoms with Gasteiger partial charge in [-0.2, -0.15) is 0 Å². The fraction of sp³-hybridized carbons (Fsp3) is 0.167. The molecule has 168 valence electrons. The van der Waals surface area contributed by atoms with Crippen LogP contribution in [0.2, 0.25) is 0 Å². The average Bonchev–Trinajstić information content (AvgIpc) is 3.01. The zero-order valence-electron chi connectivity index (χ0n) is 18.3. The molecule has 0 saturated heterocycles. The second kappa shape index (κ2) is 8.62. The van der Waals surface area contributed by atoms with Crippen LogP contribution in [0.1, 0.15) is 23.0 Å². The second-order valence-electron chi connectivity index (χ2n) is 7.57. The molecule has 2 aromatic heterocycles. The van der Waals surface area contributed by atoms with Crippen molar-refractivity contribution < 1.29 is 14.3 Å². The number of fused-ring (bicyclic) bond motifs is 1. The number of carbonyl (C=O) groups is 2. The number of ether oxygens (including phenoxy) is 1. The van der Waals surface area contributed by atoms with Gasteiger partial charge in [-0.1, -0.05) is 36.4 Å². The molecule has 4 rings (SSSR count). The Balaban J connectivity index is 1.57. The molecule has 0 radical (unpaired) electrons. The number of para-hydroxylation sites is 2. The number of aromatic amines is 1. The number of nitrogens with zero attached hydrogens (tertiary/aromatic N) is 2. The number of aromatic nitrogens is 3. The predicted octanol–water partition coefficient (Wildman–Crippen LogP) is 2.51. The van der Waals surface area contributed by atoms with E-state index in [0.29, 0.717) is 22.3 Å². The molecular weight excluding hydrogens is 424 g/mol. The van der Waals surface area contributed by atoms with Crippen molar-refractivity contribution >= 4 is 28.5 Å². The minimum absolute atomic E-state index is 0.0522. The molecule has 0 aliphatic carbocycles. The summed E-state index contributed by atoms with van der Waals surface area (Å²) >= 11 is 0. The first-order valence-electron chi connectivity index (χ1n) is 10.3. The summed E-state index contributed by atoms with van der Waals surface area (Å²) in [5.41, 5.74) is 0.945. The van der Waals surface area contributed by atoms with Crippen LogP contribution in [0.5, 0.6) is 0 Å². The Hall–Kier alpha value is -4.40. The van der Waals surface area contributed by atoms with Crippen LogP contribution in [0.25, 0.3) is 16.6 Å². The number of hydrogen-bond acceptors (Lipinski definition) is 5. The van der Waals surface area contributed by atoms with E-state index in [2.05, 4.69) is 10.3 Å². The molecular formula is C24H22N4O5. The minimum atomic E-state index is -1.21. The van der Waals surface area contributed by atoms with E-state index in [1.54, 1.807) is 55.1 Å². The SMILES string of the molecule is Cc1c(NC(=O)[C@H](C)OC(=O)c2cc(=O)[nH]c3ccccc23)c(=O)n(-c2ccccc2)n1C. The molecule has 4 aromatic rings. The van der Waals surface area contributed by atoms with Crippen molar-refractivity contribution in [2.45, 2.75) is 20.0 Å². The number of rotatable bonds is 5. The summed E-state index contributed by atoms with van der Waals surface area (Å²) in [6.45, 7) is 3.10. The zero-order valence-corrected chi connectivity index (χ0v) is 18.3. The average molecular weight is 446 g/mol. The van der Waals surface area contributed by atoms with Crippen LogP contribution in [-0.4, -0.2) is 32.3 Å². The molecule has 1 amide bonds. The van der Waals surface area contributed by atoms with Gasteiger partial charge in [0.15, 0.2) is 6.10 Å². The van der Waals surface area contributed by atoms with Crippen LogP contribution in [0, 0.1) is 6.92 Å². The number of hydrogen-bond donors (Lipinski definition) is 2. The Bertz CT molecular complexity index is 1480. The Morgan fingerprint density at radius 2 is 1.70 bits per heavy atom.